The van der Waals surface area contributed by atoms with Gasteiger partial charge in [0.15, 0.2) is 0 Å². The van der Waals surface area contributed by atoms with Crippen molar-refractivity contribution in [3.05, 3.63) is 34.9 Å². The number of carbonyl (C=O) groups is 2. The van der Waals surface area contributed by atoms with E-state index < -0.39 is 0 Å². The highest BCUT2D eigenvalue weighted by Gasteiger charge is 2.27. The lowest BCUT2D eigenvalue weighted by Gasteiger charge is -2.38. The van der Waals surface area contributed by atoms with Crippen molar-refractivity contribution >= 4 is 35.9 Å². The van der Waals surface area contributed by atoms with Crippen LogP contribution < -0.4 is 16.0 Å². The van der Waals surface area contributed by atoms with Gasteiger partial charge in [0.05, 0.1) is 6.54 Å². The zero-order valence-corrected chi connectivity index (χ0v) is 15.4. The maximum absolute atomic E-state index is 12.2. The molecule has 0 spiro atoms. The van der Waals surface area contributed by atoms with Crippen molar-refractivity contribution in [2.24, 2.45) is 0 Å². The maximum Gasteiger partial charge on any atom is 0.315 e. The fourth-order valence-electron chi connectivity index (χ4n) is 2.51. The highest BCUT2D eigenvalue weighted by Crippen LogP contribution is 2.09. The highest BCUT2D eigenvalue weighted by atomic mass is 35.5. The Kier molecular flexibility index (Phi) is 8.31. The molecule has 3 amide bonds. The Bertz CT molecular complexity index is 554. The summed E-state index contributed by atoms with van der Waals surface area (Å²) < 4.78 is 0. The van der Waals surface area contributed by atoms with E-state index in [-0.39, 0.29) is 43.0 Å². The summed E-state index contributed by atoms with van der Waals surface area (Å²) in [5.74, 6) is -0.0625. The third kappa shape index (κ3) is 5.85. The number of piperazine rings is 1. The van der Waals surface area contributed by atoms with E-state index in [9.17, 15) is 9.59 Å². The van der Waals surface area contributed by atoms with Crippen LogP contribution in [0.2, 0.25) is 5.02 Å². The molecule has 2 atom stereocenters. The van der Waals surface area contributed by atoms with Gasteiger partial charge < -0.3 is 20.9 Å². The Morgan fingerprint density at radius 1 is 1.25 bits per heavy atom. The summed E-state index contributed by atoms with van der Waals surface area (Å²) in [5, 5.41) is 9.31. The predicted molar refractivity (Wildman–Crippen MR) is 97.6 cm³/mol. The number of hydrogen-bond acceptors (Lipinski definition) is 3. The lowest BCUT2D eigenvalue weighted by Crippen LogP contribution is -2.59. The van der Waals surface area contributed by atoms with E-state index in [0.29, 0.717) is 18.1 Å². The number of urea groups is 1. The number of rotatable bonds is 4. The van der Waals surface area contributed by atoms with E-state index in [2.05, 4.69) is 22.9 Å². The standard InChI is InChI=1S/C16H23ClN4O2.ClH/c1-11-12(2)21(8-7-18-11)15(22)10-20-16(23)19-9-13-3-5-14(17)6-4-13;/h3-6,11-12,18H,7-10H2,1-2H3,(H2,19,20,23);1H. The van der Waals surface area contributed by atoms with Gasteiger partial charge in [-0.05, 0) is 31.5 Å². The number of amides is 3. The van der Waals surface area contributed by atoms with Crippen molar-refractivity contribution in [3.63, 3.8) is 0 Å². The van der Waals surface area contributed by atoms with Crippen LogP contribution in [-0.4, -0.2) is 48.6 Å². The van der Waals surface area contributed by atoms with Crippen molar-refractivity contribution in [2.75, 3.05) is 19.6 Å². The van der Waals surface area contributed by atoms with Crippen LogP contribution in [0.25, 0.3) is 0 Å². The molecule has 0 aromatic heterocycles. The van der Waals surface area contributed by atoms with E-state index in [1.807, 2.05) is 19.1 Å². The third-order valence-electron chi connectivity index (χ3n) is 4.12. The number of nitrogens with one attached hydrogen (secondary N) is 3. The molecule has 24 heavy (non-hydrogen) atoms. The second-order valence-corrected chi connectivity index (χ2v) is 6.17. The molecule has 0 aliphatic carbocycles. The molecule has 1 aliphatic rings. The Morgan fingerprint density at radius 2 is 1.92 bits per heavy atom. The summed E-state index contributed by atoms with van der Waals surface area (Å²) in [7, 11) is 0. The molecule has 3 N–H and O–H groups in total. The molecule has 0 bridgehead atoms. The van der Waals surface area contributed by atoms with Gasteiger partial charge in [-0.3, -0.25) is 4.79 Å². The number of halogens is 2. The topological polar surface area (TPSA) is 73.5 Å². The molecule has 8 heteroatoms. The second-order valence-electron chi connectivity index (χ2n) is 5.73. The Labute approximate surface area is 153 Å². The molecule has 134 valence electrons. The number of carbonyl (C=O) groups excluding carboxylic acids is 2. The summed E-state index contributed by atoms with van der Waals surface area (Å²) in [6.45, 7) is 5.89. The minimum absolute atomic E-state index is 0. The minimum Gasteiger partial charge on any atom is -0.336 e. The Balaban J connectivity index is 0.00000288. The molecule has 1 fully saturated rings. The fourth-order valence-corrected chi connectivity index (χ4v) is 2.64. The van der Waals surface area contributed by atoms with Gasteiger partial charge in [-0.1, -0.05) is 23.7 Å². The molecule has 0 saturated carbocycles. The quantitative estimate of drug-likeness (QED) is 0.751. The lowest BCUT2D eigenvalue weighted by atomic mass is 10.1. The van der Waals surface area contributed by atoms with Crippen LogP contribution in [0.1, 0.15) is 19.4 Å². The molecule has 1 aromatic rings. The average molecular weight is 375 g/mol. The SMILES string of the molecule is CC1NCCN(C(=O)CNC(=O)NCc2ccc(Cl)cc2)C1C.Cl. The van der Waals surface area contributed by atoms with Gasteiger partial charge in [0.1, 0.15) is 0 Å². The number of nitrogens with zero attached hydrogens (tertiary/aromatic N) is 1. The van der Waals surface area contributed by atoms with Gasteiger partial charge in [-0.25, -0.2) is 4.79 Å². The summed E-state index contributed by atoms with van der Waals surface area (Å²) in [4.78, 5) is 25.8. The van der Waals surface area contributed by atoms with Crippen LogP contribution in [0.15, 0.2) is 24.3 Å². The molecule has 1 heterocycles. The van der Waals surface area contributed by atoms with Crippen molar-refractivity contribution in [1.82, 2.24) is 20.9 Å². The first-order valence-corrected chi connectivity index (χ1v) is 8.14. The van der Waals surface area contributed by atoms with E-state index in [4.69, 9.17) is 11.6 Å². The van der Waals surface area contributed by atoms with Crippen molar-refractivity contribution < 1.29 is 9.59 Å². The van der Waals surface area contributed by atoms with Gasteiger partial charge in [0, 0.05) is 36.7 Å². The fraction of sp³-hybridized carbons (Fsp3) is 0.500. The summed E-state index contributed by atoms with van der Waals surface area (Å²) >= 11 is 5.81. The van der Waals surface area contributed by atoms with Gasteiger partial charge in [-0.15, -0.1) is 12.4 Å². The normalized spacial score (nSPS) is 20.0. The smallest absolute Gasteiger partial charge is 0.315 e. The Hall–Kier alpha value is -1.50. The average Bonchev–Trinajstić information content (AvgIpc) is 2.54. The minimum atomic E-state index is -0.357. The molecule has 2 unspecified atom stereocenters. The Morgan fingerprint density at radius 3 is 2.58 bits per heavy atom. The molecule has 0 radical (unpaired) electrons. The zero-order chi connectivity index (χ0) is 16.8. The van der Waals surface area contributed by atoms with E-state index >= 15 is 0 Å². The molecular formula is C16H24Cl2N4O2. The summed E-state index contributed by atoms with van der Waals surface area (Å²) in [5.41, 5.74) is 0.945. The summed E-state index contributed by atoms with van der Waals surface area (Å²) in [6, 6.07) is 7.25. The molecular weight excluding hydrogens is 351 g/mol. The van der Waals surface area contributed by atoms with E-state index in [1.165, 1.54) is 0 Å². The maximum atomic E-state index is 12.2. The number of benzene rings is 1. The first kappa shape index (κ1) is 20.5. The van der Waals surface area contributed by atoms with Crippen LogP contribution in [-0.2, 0) is 11.3 Å². The zero-order valence-electron chi connectivity index (χ0n) is 13.8. The molecule has 2 rings (SSSR count). The van der Waals surface area contributed by atoms with Gasteiger partial charge in [-0.2, -0.15) is 0 Å². The molecule has 1 aliphatic heterocycles. The molecule has 1 saturated heterocycles. The lowest BCUT2D eigenvalue weighted by molar-refractivity contribution is -0.133. The van der Waals surface area contributed by atoms with Crippen LogP contribution in [0.4, 0.5) is 4.79 Å². The van der Waals surface area contributed by atoms with Gasteiger partial charge >= 0.3 is 6.03 Å². The summed E-state index contributed by atoms with van der Waals surface area (Å²) in [6.07, 6.45) is 0. The predicted octanol–water partition coefficient (Wildman–Crippen LogP) is 1.77. The van der Waals surface area contributed by atoms with Gasteiger partial charge in [0.2, 0.25) is 5.91 Å². The monoisotopic (exact) mass is 374 g/mol. The van der Waals surface area contributed by atoms with Crippen molar-refractivity contribution in [3.8, 4) is 0 Å². The van der Waals surface area contributed by atoms with Crippen LogP contribution >= 0.6 is 24.0 Å². The largest absolute Gasteiger partial charge is 0.336 e. The first-order valence-electron chi connectivity index (χ1n) is 7.76. The van der Waals surface area contributed by atoms with E-state index in [0.717, 1.165) is 12.1 Å². The van der Waals surface area contributed by atoms with Gasteiger partial charge in [0.25, 0.3) is 0 Å². The highest BCUT2D eigenvalue weighted by molar-refractivity contribution is 6.30. The second kappa shape index (κ2) is 9.71. The number of hydrogen-bond donors (Lipinski definition) is 3. The van der Waals surface area contributed by atoms with Crippen LogP contribution in [0.3, 0.4) is 0 Å². The molecule has 6 nitrogen and oxygen atoms in total. The van der Waals surface area contributed by atoms with Crippen LogP contribution in [0, 0.1) is 0 Å². The third-order valence-corrected chi connectivity index (χ3v) is 4.37. The molecule has 1 aromatic carbocycles. The first-order chi connectivity index (χ1) is 11.0. The van der Waals surface area contributed by atoms with E-state index in [1.54, 1.807) is 17.0 Å². The van der Waals surface area contributed by atoms with Crippen molar-refractivity contribution in [2.45, 2.75) is 32.5 Å². The van der Waals surface area contributed by atoms with Crippen LogP contribution in [0.5, 0.6) is 0 Å². The van der Waals surface area contributed by atoms with Crippen molar-refractivity contribution in [1.29, 1.82) is 0 Å².